The molecule has 0 aromatic carbocycles. The fourth-order valence-corrected chi connectivity index (χ4v) is 2.99. The van der Waals surface area contributed by atoms with Crippen molar-refractivity contribution in [2.45, 2.75) is 57.9 Å². The highest BCUT2D eigenvalue weighted by molar-refractivity contribution is 5.05. The third kappa shape index (κ3) is 4.44. The van der Waals surface area contributed by atoms with Gasteiger partial charge < -0.3 is 10.2 Å². The van der Waals surface area contributed by atoms with Gasteiger partial charge in [-0.2, -0.15) is 0 Å². The highest BCUT2D eigenvalue weighted by atomic mass is 15.2. The first-order valence-corrected chi connectivity index (χ1v) is 7.52. The Bertz CT molecular complexity index is 247. The fraction of sp³-hybridized carbons (Fsp3) is 0.867. The van der Waals surface area contributed by atoms with Crippen LogP contribution in [0.3, 0.4) is 0 Å². The summed E-state index contributed by atoms with van der Waals surface area (Å²) in [5.74, 6) is 0. The molecular weight excluding hydrogens is 208 g/mol. The van der Waals surface area contributed by atoms with Gasteiger partial charge in [-0.3, -0.25) is 0 Å². The van der Waals surface area contributed by atoms with Gasteiger partial charge in [-0.05, 0) is 58.0 Å². The Morgan fingerprint density at radius 1 is 1.35 bits per heavy atom. The van der Waals surface area contributed by atoms with Crippen LogP contribution in [-0.2, 0) is 0 Å². The summed E-state index contributed by atoms with van der Waals surface area (Å²) in [5, 5.41) is 3.64. The van der Waals surface area contributed by atoms with E-state index in [1.165, 1.54) is 71.1 Å². The summed E-state index contributed by atoms with van der Waals surface area (Å²) in [6.07, 6.45) is 11.9. The van der Waals surface area contributed by atoms with Gasteiger partial charge in [0, 0.05) is 19.1 Å². The van der Waals surface area contributed by atoms with Crippen molar-refractivity contribution in [3.8, 4) is 0 Å². The molecule has 2 aliphatic rings. The van der Waals surface area contributed by atoms with Crippen molar-refractivity contribution in [3.63, 3.8) is 0 Å². The van der Waals surface area contributed by atoms with Crippen LogP contribution in [0.15, 0.2) is 11.6 Å². The Balaban J connectivity index is 1.74. The number of hydrogen-bond donors (Lipinski definition) is 1. The lowest BCUT2D eigenvalue weighted by atomic mass is 9.97. The molecule has 1 atom stereocenters. The normalized spacial score (nSPS) is 27.6. The minimum atomic E-state index is 0.720. The van der Waals surface area contributed by atoms with Gasteiger partial charge in [0.2, 0.25) is 0 Å². The van der Waals surface area contributed by atoms with Crippen molar-refractivity contribution >= 4 is 0 Å². The Kier molecular flexibility index (Phi) is 5.53. The second-order valence-corrected chi connectivity index (χ2v) is 5.57. The van der Waals surface area contributed by atoms with E-state index in [1.807, 2.05) is 0 Å². The Morgan fingerprint density at radius 3 is 3.06 bits per heavy atom. The molecule has 2 heteroatoms. The van der Waals surface area contributed by atoms with Crippen molar-refractivity contribution in [1.29, 1.82) is 0 Å². The molecule has 0 amide bonds. The van der Waals surface area contributed by atoms with Crippen LogP contribution in [0.25, 0.3) is 0 Å². The van der Waals surface area contributed by atoms with Crippen LogP contribution in [0, 0.1) is 0 Å². The molecule has 0 bridgehead atoms. The van der Waals surface area contributed by atoms with E-state index >= 15 is 0 Å². The molecule has 0 spiro atoms. The minimum Gasteiger partial charge on any atom is -0.313 e. The zero-order valence-corrected chi connectivity index (χ0v) is 11.4. The summed E-state index contributed by atoms with van der Waals surface area (Å²) >= 11 is 0. The molecule has 1 fully saturated rings. The quantitative estimate of drug-likeness (QED) is 0.755. The molecule has 98 valence electrons. The van der Waals surface area contributed by atoms with Gasteiger partial charge in [0.1, 0.15) is 0 Å². The maximum Gasteiger partial charge on any atom is 0.0192 e. The molecule has 0 aromatic heterocycles. The zero-order valence-electron chi connectivity index (χ0n) is 11.4. The number of rotatable bonds is 4. The average Bonchev–Trinajstić information content (AvgIpc) is 2.62. The van der Waals surface area contributed by atoms with Crippen molar-refractivity contribution in [2.24, 2.45) is 0 Å². The maximum absolute atomic E-state index is 3.64. The first kappa shape index (κ1) is 13.1. The number of nitrogens with one attached hydrogen (secondary N) is 1. The lowest BCUT2D eigenvalue weighted by Crippen LogP contribution is -2.37. The molecule has 1 heterocycles. The fourth-order valence-electron chi connectivity index (χ4n) is 2.99. The summed E-state index contributed by atoms with van der Waals surface area (Å²) in [5.41, 5.74) is 1.72. The first-order valence-electron chi connectivity index (χ1n) is 7.52. The van der Waals surface area contributed by atoms with Crippen LogP contribution in [0.4, 0.5) is 0 Å². The molecule has 1 aliphatic heterocycles. The Hall–Kier alpha value is -0.340. The smallest absolute Gasteiger partial charge is 0.0192 e. The van der Waals surface area contributed by atoms with E-state index in [0.717, 1.165) is 6.04 Å². The second-order valence-electron chi connectivity index (χ2n) is 5.57. The molecule has 0 aromatic rings. The van der Waals surface area contributed by atoms with Crippen LogP contribution in [0.5, 0.6) is 0 Å². The van der Waals surface area contributed by atoms with Gasteiger partial charge in [-0.15, -0.1) is 0 Å². The topological polar surface area (TPSA) is 15.3 Å². The number of nitrogens with zero attached hydrogens (tertiary/aromatic N) is 1. The molecule has 1 unspecified atom stereocenters. The number of allylic oxidation sites excluding steroid dienone is 1. The Labute approximate surface area is 106 Å². The van der Waals surface area contributed by atoms with E-state index < -0.39 is 0 Å². The molecule has 1 aliphatic carbocycles. The summed E-state index contributed by atoms with van der Waals surface area (Å²) in [4.78, 5) is 2.67. The van der Waals surface area contributed by atoms with Crippen molar-refractivity contribution in [1.82, 2.24) is 10.2 Å². The third-order valence-corrected chi connectivity index (χ3v) is 4.19. The van der Waals surface area contributed by atoms with Gasteiger partial charge in [0.05, 0.1) is 0 Å². The summed E-state index contributed by atoms with van der Waals surface area (Å²) in [7, 11) is 0. The van der Waals surface area contributed by atoms with Crippen molar-refractivity contribution in [3.05, 3.63) is 11.6 Å². The SMILES string of the molecule is CCC1CN(CCC2=CCCCC2)CCCN1. The molecule has 0 saturated carbocycles. The van der Waals surface area contributed by atoms with Crippen LogP contribution in [0.2, 0.25) is 0 Å². The molecular formula is C15H28N2. The lowest BCUT2D eigenvalue weighted by Gasteiger charge is -2.24. The number of hydrogen-bond acceptors (Lipinski definition) is 2. The average molecular weight is 236 g/mol. The van der Waals surface area contributed by atoms with E-state index in [2.05, 4.69) is 23.2 Å². The standard InChI is InChI=1S/C15H28N2/c1-2-15-13-17(11-6-10-16-15)12-9-14-7-4-3-5-8-14/h7,15-16H,2-6,8-13H2,1H3. The van der Waals surface area contributed by atoms with E-state index in [-0.39, 0.29) is 0 Å². The Morgan fingerprint density at radius 2 is 2.29 bits per heavy atom. The van der Waals surface area contributed by atoms with Gasteiger partial charge in [0.15, 0.2) is 0 Å². The molecule has 2 rings (SSSR count). The molecule has 1 saturated heterocycles. The largest absolute Gasteiger partial charge is 0.313 e. The van der Waals surface area contributed by atoms with E-state index in [9.17, 15) is 0 Å². The monoisotopic (exact) mass is 236 g/mol. The molecule has 17 heavy (non-hydrogen) atoms. The third-order valence-electron chi connectivity index (χ3n) is 4.19. The van der Waals surface area contributed by atoms with E-state index in [4.69, 9.17) is 0 Å². The van der Waals surface area contributed by atoms with Gasteiger partial charge in [-0.1, -0.05) is 18.6 Å². The van der Waals surface area contributed by atoms with E-state index in [0.29, 0.717) is 0 Å². The molecule has 1 N–H and O–H groups in total. The lowest BCUT2D eigenvalue weighted by molar-refractivity contribution is 0.267. The minimum absolute atomic E-state index is 0.720. The van der Waals surface area contributed by atoms with Gasteiger partial charge in [0.25, 0.3) is 0 Å². The van der Waals surface area contributed by atoms with Crippen LogP contribution in [0.1, 0.15) is 51.9 Å². The van der Waals surface area contributed by atoms with Gasteiger partial charge in [-0.25, -0.2) is 0 Å². The second kappa shape index (κ2) is 7.17. The maximum atomic E-state index is 3.64. The predicted octanol–water partition coefficient (Wildman–Crippen LogP) is 2.95. The molecule has 0 radical (unpaired) electrons. The summed E-state index contributed by atoms with van der Waals surface area (Å²) in [6, 6.07) is 0.720. The zero-order chi connectivity index (χ0) is 11.9. The summed E-state index contributed by atoms with van der Waals surface area (Å²) < 4.78 is 0. The van der Waals surface area contributed by atoms with Crippen LogP contribution in [-0.4, -0.2) is 37.1 Å². The van der Waals surface area contributed by atoms with E-state index in [1.54, 1.807) is 5.57 Å². The highest BCUT2D eigenvalue weighted by Gasteiger charge is 2.16. The summed E-state index contributed by atoms with van der Waals surface area (Å²) in [6.45, 7) is 7.33. The van der Waals surface area contributed by atoms with Gasteiger partial charge >= 0.3 is 0 Å². The molecule has 2 nitrogen and oxygen atoms in total. The first-order chi connectivity index (χ1) is 8.38. The van der Waals surface area contributed by atoms with Crippen molar-refractivity contribution < 1.29 is 0 Å². The van der Waals surface area contributed by atoms with Crippen molar-refractivity contribution in [2.75, 3.05) is 26.2 Å². The predicted molar refractivity (Wildman–Crippen MR) is 74.3 cm³/mol. The highest BCUT2D eigenvalue weighted by Crippen LogP contribution is 2.20. The van der Waals surface area contributed by atoms with Crippen LogP contribution >= 0.6 is 0 Å². The van der Waals surface area contributed by atoms with Crippen LogP contribution < -0.4 is 5.32 Å².